The zero-order chi connectivity index (χ0) is 24.1. The van der Waals surface area contributed by atoms with Crippen LogP contribution >= 0.6 is 11.3 Å². The molecule has 1 aliphatic heterocycles. The molecule has 3 aromatic rings. The van der Waals surface area contributed by atoms with Crippen molar-refractivity contribution in [3.8, 4) is 12.3 Å². The Kier molecular flexibility index (Phi) is 7.67. The van der Waals surface area contributed by atoms with Gasteiger partial charge in [0.15, 0.2) is 4.80 Å². The minimum absolute atomic E-state index is 0.204. The van der Waals surface area contributed by atoms with Crippen LogP contribution in [-0.2, 0) is 23.0 Å². The monoisotopic (exact) mass is 495 g/mol. The number of rotatable bonds is 7. The lowest BCUT2D eigenvalue weighted by atomic mass is 10.1. The quantitative estimate of drug-likeness (QED) is 0.450. The Hall–Kier alpha value is -2.73. The summed E-state index contributed by atoms with van der Waals surface area (Å²) in [5.41, 5.74) is 2.55. The second kappa shape index (κ2) is 10.7. The first-order valence-corrected chi connectivity index (χ1v) is 13.9. The number of sulfonamides is 1. The molecule has 0 saturated carbocycles. The lowest BCUT2D eigenvalue weighted by molar-refractivity contribution is 0.0998. The van der Waals surface area contributed by atoms with Crippen molar-refractivity contribution in [3.63, 3.8) is 0 Å². The predicted molar refractivity (Wildman–Crippen MR) is 136 cm³/mol. The van der Waals surface area contributed by atoms with Gasteiger partial charge in [-0.3, -0.25) is 4.79 Å². The van der Waals surface area contributed by atoms with E-state index in [0.717, 1.165) is 48.7 Å². The number of carbonyl (C=O) groups excluding carboxylic acids is 1. The van der Waals surface area contributed by atoms with Gasteiger partial charge >= 0.3 is 0 Å². The highest BCUT2D eigenvalue weighted by atomic mass is 32.2. The molecule has 2 aromatic carbocycles. The van der Waals surface area contributed by atoms with Crippen molar-refractivity contribution in [2.75, 3.05) is 13.1 Å². The summed E-state index contributed by atoms with van der Waals surface area (Å²) < 4.78 is 30.2. The fourth-order valence-electron chi connectivity index (χ4n) is 4.16. The highest BCUT2D eigenvalue weighted by Crippen LogP contribution is 2.22. The van der Waals surface area contributed by atoms with E-state index in [0.29, 0.717) is 30.0 Å². The molecule has 0 N–H and O–H groups in total. The molecule has 0 unspecified atom stereocenters. The van der Waals surface area contributed by atoms with Crippen molar-refractivity contribution >= 4 is 37.5 Å². The minimum atomic E-state index is -3.54. The van der Waals surface area contributed by atoms with Crippen molar-refractivity contribution in [2.45, 2.75) is 56.9 Å². The van der Waals surface area contributed by atoms with E-state index in [2.05, 4.69) is 30.0 Å². The maximum absolute atomic E-state index is 12.9. The van der Waals surface area contributed by atoms with E-state index in [1.807, 2.05) is 10.6 Å². The molecule has 34 heavy (non-hydrogen) atoms. The van der Waals surface area contributed by atoms with Crippen LogP contribution < -0.4 is 4.80 Å². The first-order chi connectivity index (χ1) is 16.4. The molecule has 1 saturated heterocycles. The second-order valence-corrected chi connectivity index (χ2v) is 11.4. The third-order valence-electron chi connectivity index (χ3n) is 6.07. The predicted octanol–water partition coefficient (Wildman–Crippen LogP) is 4.59. The summed E-state index contributed by atoms with van der Waals surface area (Å²) in [5, 5.41) is 0. The summed E-state index contributed by atoms with van der Waals surface area (Å²) in [6.07, 6.45) is 11.7. The molecule has 1 amide bonds. The van der Waals surface area contributed by atoms with E-state index in [9.17, 15) is 13.2 Å². The third kappa shape index (κ3) is 5.17. The molecule has 1 fully saturated rings. The first kappa shape index (κ1) is 24.4. The van der Waals surface area contributed by atoms with Crippen molar-refractivity contribution in [1.29, 1.82) is 0 Å². The average molecular weight is 496 g/mol. The number of aryl methyl sites for hydroxylation is 1. The Bertz CT molecular complexity index is 1390. The third-order valence-corrected chi connectivity index (χ3v) is 9.02. The molecule has 0 radical (unpaired) electrons. The summed E-state index contributed by atoms with van der Waals surface area (Å²) in [5.74, 6) is 2.22. The number of unbranched alkanes of at least 4 members (excludes halogenated alkanes) is 1. The van der Waals surface area contributed by atoms with Crippen LogP contribution in [-0.4, -0.2) is 36.3 Å². The van der Waals surface area contributed by atoms with Crippen LogP contribution in [0.2, 0.25) is 0 Å². The highest BCUT2D eigenvalue weighted by Gasteiger charge is 2.26. The maximum atomic E-state index is 12.9. The number of benzene rings is 2. The van der Waals surface area contributed by atoms with Gasteiger partial charge in [0.2, 0.25) is 10.0 Å². The molecule has 0 aliphatic carbocycles. The van der Waals surface area contributed by atoms with Crippen LogP contribution in [0.3, 0.4) is 0 Å². The van der Waals surface area contributed by atoms with Gasteiger partial charge in [0.1, 0.15) is 0 Å². The molecule has 178 valence electrons. The molecule has 1 aromatic heterocycles. The molecule has 4 rings (SSSR count). The van der Waals surface area contributed by atoms with Crippen molar-refractivity contribution in [2.24, 2.45) is 4.99 Å². The van der Waals surface area contributed by atoms with Crippen LogP contribution in [0, 0.1) is 12.3 Å². The Morgan fingerprint density at radius 2 is 1.85 bits per heavy atom. The number of piperidine rings is 1. The van der Waals surface area contributed by atoms with Gasteiger partial charge in [0.25, 0.3) is 5.91 Å². The largest absolute Gasteiger partial charge is 0.305 e. The van der Waals surface area contributed by atoms with E-state index in [1.54, 1.807) is 0 Å². The number of thiazole rings is 1. The van der Waals surface area contributed by atoms with E-state index in [-0.39, 0.29) is 4.90 Å². The summed E-state index contributed by atoms with van der Waals surface area (Å²) >= 11 is 1.44. The van der Waals surface area contributed by atoms with Crippen LogP contribution in [0.4, 0.5) is 0 Å². The van der Waals surface area contributed by atoms with Crippen LogP contribution in [0.15, 0.2) is 52.4 Å². The van der Waals surface area contributed by atoms with E-state index >= 15 is 0 Å². The van der Waals surface area contributed by atoms with Crippen LogP contribution in [0.1, 0.15) is 54.9 Å². The maximum Gasteiger partial charge on any atom is 0.279 e. The van der Waals surface area contributed by atoms with E-state index in [1.165, 1.54) is 45.5 Å². The number of hydrogen-bond acceptors (Lipinski definition) is 4. The number of nitrogens with zero attached hydrogens (tertiary/aromatic N) is 3. The smallest absolute Gasteiger partial charge is 0.279 e. The number of amides is 1. The van der Waals surface area contributed by atoms with Crippen molar-refractivity contribution < 1.29 is 13.2 Å². The van der Waals surface area contributed by atoms with Gasteiger partial charge in [0.05, 0.1) is 21.7 Å². The number of fused-ring (bicyclic) bond motifs is 1. The van der Waals surface area contributed by atoms with Gasteiger partial charge in [-0.2, -0.15) is 9.30 Å². The Morgan fingerprint density at radius 1 is 1.12 bits per heavy atom. The van der Waals surface area contributed by atoms with Gasteiger partial charge in [-0.05, 0) is 67.6 Å². The Labute approximate surface area is 205 Å². The summed E-state index contributed by atoms with van der Waals surface area (Å²) in [6.45, 7) is 3.56. The lowest BCUT2D eigenvalue weighted by Gasteiger charge is -2.25. The second-order valence-electron chi connectivity index (χ2n) is 8.49. The SMILES string of the molecule is C#CCn1c(=NC(=O)c2ccc(S(=O)(=O)N3CCCCC3)cc2)sc2cc(CCCC)ccc21. The van der Waals surface area contributed by atoms with Gasteiger partial charge in [-0.15, -0.1) is 6.42 Å². The molecule has 1 aliphatic rings. The lowest BCUT2D eigenvalue weighted by Crippen LogP contribution is -2.35. The molecule has 8 heteroatoms. The molecule has 2 heterocycles. The summed E-state index contributed by atoms with van der Waals surface area (Å²) in [7, 11) is -3.54. The fourth-order valence-corrected chi connectivity index (χ4v) is 6.77. The number of terminal acetylenes is 1. The molecule has 0 spiro atoms. The highest BCUT2D eigenvalue weighted by molar-refractivity contribution is 7.89. The van der Waals surface area contributed by atoms with Crippen molar-refractivity contribution in [1.82, 2.24) is 8.87 Å². The zero-order valence-electron chi connectivity index (χ0n) is 19.4. The molecule has 0 bridgehead atoms. The van der Waals surface area contributed by atoms with Gasteiger partial charge in [-0.1, -0.05) is 43.1 Å². The van der Waals surface area contributed by atoms with E-state index in [4.69, 9.17) is 6.42 Å². The molecule has 6 nitrogen and oxygen atoms in total. The average Bonchev–Trinajstić information content (AvgIpc) is 3.19. The molecular weight excluding hydrogens is 466 g/mol. The summed E-state index contributed by atoms with van der Waals surface area (Å²) in [6, 6.07) is 12.3. The van der Waals surface area contributed by atoms with Gasteiger partial charge < -0.3 is 4.57 Å². The van der Waals surface area contributed by atoms with E-state index < -0.39 is 15.9 Å². The standard InChI is InChI=1S/C26H29N3O3S2/c1-3-5-9-20-10-15-23-24(19-20)33-26(29(23)16-4-2)27-25(30)21-11-13-22(14-12-21)34(31,32)28-17-7-6-8-18-28/h2,10-15,19H,3,5-9,16-18H2,1H3. The van der Waals surface area contributed by atoms with Crippen molar-refractivity contribution in [3.05, 3.63) is 58.4 Å². The number of carbonyl (C=O) groups is 1. The Morgan fingerprint density at radius 3 is 2.53 bits per heavy atom. The summed E-state index contributed by atoms with van der Waals surface area (Å²) in [4.78, 5) is 18.0. The minimum Gasteiger partial charge on any atom is -0.305 e. The Balaban J connectivity index is 1.63. The topological polar surface area (TPSA) is 71.7 Å². The van der Waals surface area contributed by atoms with Gasteiger partial charge in [0, 0.05) is 18.7 Å². The van der Waals surface area contributed by atoms with Crippen LogP contribution in [0.25, 0.3) is 10.2 Å². The molecular formula is C26H29N3O3S2. The number of hydrogen-bond donors (Lipinski definition) is 0. The number of aromatic nitrogens is 1. The zero-order valence-corrected chi connectivity index (χ0v) is 21.0. The first-order valence-electron chi connectivity index (χ1n) is 11.7. The fraction of sp³-hybridized carbons (Fsp3) is 0.385. The van der Waals surface area contributed by atoms with Crippen LogP contribution in [0.5, 0.6) is 0 Å². The molecule has 0 atom stereocenters. The van der Waals surface area contributed by atoms with Gasteiger partial charge in [-0.25, -0.2) is 8.42 Å². The normalized spacial score (nSPS) is 15.5.